The normalized spacial score (nSPS) is 18.7. The van der Waals surface area contributed by atoms with Gasteiger partial charge in [0, 0.05) is 19.3 Å². The second kappa shape index (κ2) is 5.67. The van der Waals surface area contributed by atoms with E-state index in [4.69, 9.17) is 5.11 Å². The van der Waals surface area contributed by atoms with E-state index in [1.54, 1.807) is 12.3 Å². The third-order valence-corrected chi connectivity index (χ3v) is 3.82. The lowest BCUT2D eigenvalue weighted by Gasteiger charge is -2.32. The average molecular weight is 315 g/mol. The van der Waals surface area contributed by atoms with Gasteiger partial charge in [0.1, 0.15) is 4.60 Å². The molecule has 0 spiro atoms. The van der Waals surface area contributed by atoms with E-state index in [9.17, 15) is 9.90 Å². The summed E-state index contributed by atoms with van der Waals surface area (Å²) in [6.07, 6.45) is 1.57. The Morgan fingerprint density at radius 2 is 2.11 bits per heavy atom. The Kier molecular flexibility index (Phi) is 4.19. The Balaban J connectivity index is 1.97. The van der Waals surface area contributed by atoms with Crippen LogP contribution in [-0.2, 0) is 0 Å². The molecule has 0 radical (unpaired) electrons. The fourth-order valence-corrected chi connectivity index (χ4v) is 2.48. The lowest BCUT2D eigenvalue weighted by Crippen LogP contribution is -2.38. The van der Waals surface area contributed by atoms with Crippen molar-refractivity contribution in [3.8, 4) is 0 Å². The van der Waals surface area contributed by atoms with Crippen LogP contribution in [0.2, 0.25) is 0 Å². The van der Waals surface area contributed by atoms with Crippen molar-refractivity contribution in [2.45, 2.75) is 18.9 Å². The first-order valence-corrected chi connectivity index (χ1v) is 6.64. The number of aliphatic hydroxyl groups excluding tert-OH is 1. The van der Waals surface area contributed by atoms with Crippen LogP contribution in [0.25, 0.3) is 0 Å². The summed E-state index contributed by atoms with van der Waals surface area (Å²) in [7, 11) is 0. The predicted octanol–water partition coefficient (Wildman–Crippen LogP) is 2.27. The number of rotatable bonds is 2. The molecule has 2 heterocycles. The van der Waals surface area contributed by atoms with Crippen LogP contribution in [0.1, 0.15) is 24.5 Å². The molecular formula is C12H15BrN2O3. The third kappa shape index (κ3) is 3.00. The van der Waals surface area contributed by atoms with Crippen LogP contribution in [0.3, 0.4) is 0 Å². The zero-order valence-corrected chi connectivity index (χ0v) is 11.4. The number of halogens is 1. The molecule has 2 N–H and O–H groups in total. The highest BCUT2D eigenvalue weighted by atomic mass is 79.9. The number of hydrogen-bond acceptors (Lipinski definition) is 3. The van der Waals surface area contributed by atoms with Crippen molar-refractivity contribution >= 4 is 22.0 Å². The zero-order valence-electron chi connectivity index (χ0n) is 9.79. The second-order valence-corrected chi connectivity index (χ2v) is 5.28. The average Bonchev–Trinajstić information content (AvgIpc) is 2.39. The van der Waals surface area contributed by atoms with Gasteiger partial charge in [0.25, 0.3) is 0 Å². The van der Waals surface area contributed by atoms with Gasteiger partial charge in [0.05, 0.1) is 6.10 Å². The summed E-state index contributed by atoms with van der Waals surface area (Å²) in [5.74, 6) is 0.101. The molecule has 2 rings (SSSR count). The quantitative estimate of drug-likeness (QED) is 0.821. The zero-order chi connectivity index (χ0) is 13.1. The standard InChI is InChI=1S/C12H15BrN2O3/c13-10-2-1-9(7-14-10)11(16)8-3-5-15(6-4-8)12(17)18/h1-2,7-8,11,16H,3-6H2,(H,17,18). The summed E-state index contributed by atoms with van der Waals surface area (Å²) in [5.41, 5.74) is 0.784. The molecule has 1 aromatic heterocycles. The maximum Gasteiger partial charge on any atom is 0.407 e. The first-order valence-electron chi connectivity index (χ1n) is 5.85. The van der Waals surface area contributed by atoms with E-state index >= 15 is 0 Å². The van der Waals surface area contributed by atoms with Gasteiger partial charge in [-0.25, -0.2) is 9.78 Å². The van der Waals surface area contributed by atoms with Crippen molar-refractivity contribution < 1.29 is 15.0 Å². The van der Waals surface area contributed by atoms with Gasteiger partial charge in [-0.05, 0) is 46.3 Å². The number of nitrogens with zero attached hydrogens (tertiary/aromatic N) is 2. The van der Waals surface area contributed by atoms with E-state index < -0.39 is 12.2 Å². The molecule has 1 amide bonds. The van der Waals surface area contributed by atoms with Gasteiger partial charge >= 0.3 is 6.09 Å². The highest BCUT2D eigenvalue weighted by Crippen LogP contribution is 2.30. The van der Waals surface area contributed by atoms with Gasteiger partial charge in [0.2, 0.25) is 0 Å². The number of amides is 1. The molecule has 1 aromatic rings. The Bertz CT molecular complexity index is 416. The van der Waals surface area contributed by atoms with Crippen molar-refractivity contribution in [1.82, 2.24) is 9.88 Å². The van der Waals surface area contributed by atoms with Crippen molar-refractivity contribution in [2.24, 2.45) is 5.92 Å². The topological polar surface area (TPSA) is 73.7 Å². The summed E-state index contributed by atoms with van der Waals surface area (Å²) < 4.78 is 0.735. The lowest BCUT2D eigenvalue weighted by molar-refractivity contribution is 0.0573. The number of piperidine rings is 1. The molecule has 18 heavy (non-hydrogen) atoms. The van der Waals surface area contributed by atoms with Crippen LogP contribution in [0, 0.1) is 5.92 Å². The molecule has 0 aliphatic carbocycles. The molecule has 1 atom stereocenters. The Morgan fingerprint density at radius 1 is 1.44 bits per heavy atom. The van der Waals surface area contributed by atoms with Gasteiger partial charge in [-0.1, -0.05) is 6.07 Å². The summed E-state index contributed by atoms with van der Waals surface area (Å²) in [5, 5.41) is 19.1. The van der Waals surface area contributed by atoms with E-state index in [0.29, 0.717) is 25.9 Å². The van der Waals surface area contributed by atoms with Gasteiger partial charge in [-0.2, -0.15) is 0 Å². The van der Waals surface area contributed by atoms with Gasteiger partial charge in [-0.3, -0.25) is 0 Å². The van der Waals surface area contributed by atoms with E-state index in [1.807, 2.05) is 6.07 Å². The number of aliphatic hydroxyl groups is 1. The number of carbonyl (C=O) groups is 1. The van der Waals surface area contributed by atoms with E-state index in [1.165, 1.54) is 4.90 Å². The van der Waals surface area contributed by atoms with E-state index in [-0.39, 0.29) is 5.92 Å². The molecule has 0 saturated carbocycles. The monoisotopic (exact) mass is 314 g/mol. The summed E-state index contributed by atoms with van der Waals surface area (Å²) >= 11 is 3.25. The van der Waals surface area contributed by atoms with Gasteiger partial charge in [-0.15, -0.1) is 0 Å². The maximum atomic E-state index is 10.8. The molecule has 1 unspecified atom stereocenters. The van der Waals surface area contributed by atoms with E-state index in [2.05, 4.69) is 20.9 Å². The molecule has 1 aliphatic heterocycles. The first-order chi connectivity index (χ1) is 8.58. The predicted molar refractivity (Wildman–Crippen MR) is 69.2 cm³/mol. The molecule has 98 valence electrons. The van der Waals surface area contributed by atoms with Crippen LogP contribution in [0.5, 0.6) is 0 Å². The smallest absolute Gasteiger partial charge is 0.407 e. The van der Waals surface area contributed by atoms with Crippen LogP contribution in [0.15, 0.2) is 22.9 Å². The first kappa shape index (κ1) is 13.3. The maximum absolute atomic E-state index is 10.8. The van der Waals surface area contributed by atoms with Crippen molar-refractivity contribution in [3.05, 3.63) is 28.5 Å². The molecule has 0 bridgehead atoms. The Labute approximate surface area is 114 Å². The van der Waals surface area contributed by atoms with Crippen LogP contribution < -0.4 is 0 Å². The summed E-state index contributed by atoms with van der Waals surface area (Å²) in [6.45, 7) is 0.974. The molecule has 1 aliphatic rings. The van der Waals surface area contributed by atoms with Crippen LogP contribution in [0.4, 0.5) is 4.79 Å². The Hall–Kier alpha value is -1.14. The molecule has 1 fully saturated rings. The molecule has 1 saturated heterocycles. The molecular weight excluding hydrogens is 300 g/mol. The molecule has 5 nitrogen and oxygen atoms in total. The lowest BCUT2D eigenvalue weighted by atomic mass is 9.88. The minimum absolute atomic E-state index is 0.101. The Morgan fingerprint density at radius 3 is 2.61 bits per heavy atom. The van der Waals surface area contributed by atoms with Crippen molar-refractivity contribution in [1.29, 1.82) is 0 Å². The van der Waals surface area contributed by atoms with Gasteiger partial charge < -0.3 is 15.1 Å². The minimum atomic E-state index is -0.881. The minimum Gasteiger partial charge on any atom is -0.465 e. The number of carboxylic acid groups (broad SMARTS) is 1. The summed E-state index contributed by atoms with van der Waals surface area (Å²) in [4.78, 5) is 16.3. The largest absolute Gasteiger partial charge is 0.465 e. The fourth-order valence-electron chi connectivity index (χ4n) is 2.24. The molecule has 6 heteroatoms. The number of aromatic nitrogens is 1. The third-order valence-electron chi connectivity index (χ3n) is 3.35. The van der Waals surface area contributed by atoms with Gasteiger partial charge in [0.15, 0.2) is 0 Å². The highest BCUT2D eigenvalue weighted by molar-refractivity contribution is 9.10. The van der Waals surface area contributed by atoms with Crippen LogP contribution in [-0.4, -0.2) is 39.3 Å². The summed E-state index contributed by atoms with van der Waals surface area (Å²) in [6, 6.07) is 3.64. The number of hydrogen-bond donors (Lipinski definition) is 2. The van der Waals surface area contributed by atoms with Crippen LogP contribution >= 0.6 is 15.9 Å². The number of likely N-dealkylation sites (tertiary alicyclic amines) is 1. The SMILES string of the molecule is O=C(O)N1CCC(C(O)c2ccc(Br)nc2)CC1. The van der Waals surface area contributed by atoms with E-state index in [0.717, 1.165) is 10.2 Å². The fraction of sp³-hybridized carbons (Fsp3) is 0.500. The molecule has 0 aromatic carbocycles. The van der Waals surface area contributed by atoms with Crippen molar-refractivity contribution in [2.75, 3.05) is 13.1 Å². The number of pyridine rings is 1. The second-order valence-electron chi connectivity index (χ2n) is 4.47. The highest BCUT2D eigenvalue weighted by Gasteiger charge is 2.28. The van der Waals surface area contributed by atoms with Crippen molar-refractivity contribution in [3.63, 3.8) is 0 Å².